The van der Waals surface area contributed by atoms with E-state index in [0.717, 1.165) is 5.56 Å². The molecule has 29 heavy (non-hydrogen) atoms. The monoisotopic (exact) mass is 404 g/mol. The summed E-state index contributed by atoms with van der Waals surface area (Å²) in [6.07, 6.45) is -0.589. The average molecular weight is 405 g/mol. The van der Waals surface area contributed by atoms with E-state index >= 15 is 0 Å². The van der Waals surface area contributed by atoms with Gasteiger partial charge in [-0.25, -0.2) is 0 Å². The Kier molecular flexibility index (Phi) is 4.39. The number of Topliss-reactive ketones (excluding diaryl/α,β-unsaturated/α-hetero) is 1. The summed E-state index contributed by atoms with van der Waals surface area (Å²) >= 11 is 0. The summed E-state index contributed by atoms with van der Waals surface area (Å²) in [5.41, 5.74) is -5.92. The molecule has 4 aliphatic rings. The Hall–Kier alpha value is -1.35. The van der Waals surface area contributed by atoms with Gasteiger partial charge in [0.2, 0.25) is 0 Å². The first-order valence-corrected chi connectivity index (χ1v) is 10.2. The van der Waals surface area contributed by atoms with Gasteiger partial charge in [0.15, 0.2) is 5.78 Å². The van der Waals surface area contributed by atoms with E-state index in [4.69, 9.17) is 0 Å². The highest BCUT2D eigenvalue weighted by Gasteiger charge is 2.70. The second kappa shape index (κ2) is 6.09. The van der Waals surface area contributed by atoms with Crippen molar-refractivity contribution in [2.45, 2.75) is 56.1 Å². The molecule has 1 aromatic carbocycles. The largest absolute Gasteiger partial charge is 0.393 e. The highest BCUT2D eigenvalue weighted by atomic mass is 16.4. The second-order valence-corrected chi connectivity index (χ2v) is 10.2. The summed E-state index contributed by atoms with van der Waals surface area (Å²) < 4.78 is 0. The van der Waals surface area contributed by atoms with Crippen LogP contribution in [-0.4, -0.2) is 91.8 Å². The normalized spacial score (nSPS) is 42.2. The molecule has 4 fully saturated rings. The van der Waals surface area contributed by atoms with Crippen LogP contribution in [0, 0.1) is 5.41 Å². The molecule has 4 bridgehead atoms. The van der Waals surface area contributed by atoms with E-state index in [2.05, 4.69) is 9.80 Å². The Labute approximate surface area is 171 Å². The topological polar surface area (TPSA) is 104 Å². The summed E-state index contributed by atoms with van der Waals surface area (Å²) in [4.78, 5) is 17.7. The maximum Gasteiger partial charge on any atom is 0.154 e. The van der Waals surface area contributed by atoms with E-state index in [1.54, 1.807) is 0 Å². The first kappa shape index (κ1) is 20.9. The van der Waals surface area contributed by atoms with Crippen molar-refractivity contribution in [1.29, 1.82) is 0 Å². The van der Waals surface area contributed by atoms with Crippen LogP contribution in [0.25, 0.3) is 0 Å². The van der Waals surface area contributed by atoms with Crippen molar-refractivity contribution < 1.29 is 25.2 Å². The number of nitrogens with zero attached hydrogens (tertiary/aromatic N) is 2. The second-order valence-electron chi connectivity index (χ2n) is 10.2. The Morgan fingerprint density at radius 1 is 1.00 bits per heavy atom. The summed E-state index contributed by atoms with van der Waals surface area (Å²) in [6, 6.07) is 9.77. The average Bonchev–Trinajstić information content (AvgIpc) is 2.65. The molecular formula is C22H32N2O5. The molecule has 0 aliphatic carbocycles. The molecule has 4 N–H and O–H groups in total. The van der Waals surface area contributed by atoms with Crippen LogP contribution in [0.4, 0.5) is 0 Å². The molecule has 160 valence electrons. The van der Waals surface area contributed by atoms with E-state index in [1.807, 2.05) is 37.3 Å². The summed E-state index contributed by atoms with van der Waals surface area (Å²) in [5, 5.41) is 43.0. The SMILES string of the molecule is CC12CN3CC(c4ccccc4)(CN(C1)C3C(C)(O)C(C)(O)C(C)(O)CO)C2=O. The molecule has 4 heterocycles. The lowest BCUT2D eigenvalue weighted by Gasteiger charge is -2.69. The van der Waals surface area contributed by atoms with E-state index in [9.17, 15) is 25.2 Å². The fourth-order valence-electron chi connectivity index (χ4n) is 5.98. The lowest BCUT2D eigenvalue weighted by molar-refractivity contribution is -0.294. The van der Waals surface area contributed by atoms with E-state index in [1.165, 1.54) is 20.8 Å². The molecule has 5 atom stereocenters. The zero-order valence-electron chi connectivity index (χ0n) is 17.6. The van der Waals surface area contributed by atoms with Crippen LogP contribution in [0.3, 0.4) is 0 Å². The number of rotatable bonds is 5. The van der Waals surface area contributed by atoms with Crippen LogP contribution in [-0.2, 0) is 10.2 Å². The van der Waals surface area contributed by atoms with Gasteiger partial charge in [-0.05, 0) is 26.3 Å². The van der Waals surface area contributed by atoms with Gasteiger partial charge in [-0.1, -0.05) is 37.3 Å². The molecule has 0 amide bonds. The number of aliphatic hydroxyl groups excluding tert-OH is 1. The molecule has 0 spiro atoms. The van der Waals surface area contributed by atoms with Crippen molar-refractivity contribution in [3.8, 4) is 0 Å². The van der Waals surface area contributed by atoms with Crippen molar-refractivity contribution in [3.63, 3.8) is 0 Å². The van der Waals surface area contributed by atoms with Gasteiger partial charge >= 0.3 is 0 Å². The maximum absolute atomic E-state index is 13.5. The van der Waals surface area contributed by atoms with Gasteiger partial charge in [-0.3, -0.25) is 14.6 Å². The minimum absolute atomic E-state index is 0.232. The lowest BCUT2D eigenvalue weighted by Crippen LogP contribution is -2.86. The molecule has 0 saturated carbocycles. The van der Waals surface area contributed by atoms with Gasteiger partial charge in [0.25, 0.3) is 0 Å². The molecule has 0 radical (unpaired) electrons. The van der Waals surface area contributed by atoms with Crippen LogP contribution in [0.1, 0.15) is 33.3 Å². The standard InChI is InChI=1S/C22H32N2O5/c1-18-10-23-12-22(16(18)26,15-8-6-5-7-9-15)13-24(11-18)17(23)20(3,28)21(4,29)19(2,27)14-25/h5-9,17,25,27-29H,10-14H2,1-4H3. The molecule has 4 saturated heterocycles. The quantitative estimate of drug-likeness (QED) is 0.535. The molecule has 5 rings (SSSR count). The van der Waals surface area contributed by atoms with E-state index in [-0.39, 0.29) is 5.78 Å². The third-order valence-electron chi connectivity index (χ3n) is 7.90. The first-order chi connectivity index (χ1) is 13.3. The van der Waals surface area contributed by atoms with Crippen molar-refractivity contribution in [3.05, 3.63) is 35.9 Å². The lowest BCUT2D eigenvalue weighted by atomic mass is 9.57. The van der Waals surface area contributed by atoms with Crippen molar-refractivity contribution in [2.75, 3.05) is 32.8 Å². The maximum atomic E-state index is 13.5. The predicted molar refractivity (Wildman–Crippen MR) is 107 cm³/mol. The zero-order valence-corrected chi connectivity index (χ0v) is 17.6. The van der Waals surface area contributed by atoms with Gasteiger partial charge in [-0.2, -0.15) is 0 Å². The third kappa shape index (κ3) is 2.55. The number of benzene rings is 1. The predicted octanol–water partition coefficient (Wildman–Crippen LogP) is -0.284. The first-order valence-electron chi connectivity index (χ1n) is 10.2. The van der Waals surface area contributed by atoms with Gasteiger partial charge < -0.3 is 20.4 Å². The number of hydrogen-bond acceptors (Lipinski definition) is 7. The van der Waals surface area contributed by atoms with Gasteiger partial charge in [0.1, 0.15) is 16.8 Å². The third-order valence-corrected chi connectivity index (χ3v) is 7.90. The van der Waals surface area contributed by atoms with Gasteiger partial charge in [0, 0.05) is 26.2 Å². The van der Waals surface area contributed by atoms with Gasteiger partial charge in [0.05, 0.1) is 23.6 Å². The van der Waals surface area contributed by atoms with Crippen LogP contribution in [0.5, 0.6) is 0 Å². The fourth-order valence-corrected chi connectivity index (χ4v) is 5.98. The van der Waals surface area contributed by atoms with Crippen LogP contribution >= 0.6 is 0 Å². The summed E-state index contributed by atoms with van der Waals surface area (Å²) in [6.45, 7) is 7.31. The molecular weight excluding hydrogens is 372 g/mol. The molecule has 5 unspecified atom stereocenters. The Balaban J connectivity index is 1.77. The highest BCUT2D eigenvalue weighted by Crippen LogP contribution is 2.53. The number of carbonyl (C=O) groups is 1. The zero-order chi connectivity index (χ0) is 21.5. The molecule has 0 aromatic heterocycles. The molecule has 1 aromatic rings. The van der Waals surface area contributed by atoms with Crippen molar-refractivity contribution in [1.82, 2.24) is 9.80 Å². The Morgan fingerprint density at radius 3 is 2.00 bits per heavy atom. The smallest absolute Gasteiger partial charge is 0.154 e. The highest BCUT2D eigenvalue weighted by molar-refractivity contribution is 5.97. The van der Waals surface area contributed by atoms with Crippen LogP contribution in [0.2, 0.25) is 0 Å². The number of piperidine rings is 2. The number of ketones is 1. The van der Waals surface area contributed by atoms with Crippen LogP contribution in [0.15, 0.2) is 30.3 Å². The summed E-state index contributed by atoms with van der Waals surface area (Å²) in [7, 11) is 0. The number of carbonyl (C=O) groups excluding carboxylic acids is 1. The van der Waals surface area contributed by atoms with Crippen molar-refractivity contribution in [2.24, 2.45) is 5.41 Å². The molecule has 7 heteroatoms. The minimum atomic E-state index is -1.99. The molecule has 7 nitrogen and oxygen atoms in total. The molecule has 4 aliphatic heterocycles. The minimum Gasteiger partial charge on any atom is -0.393 e. The number of hydrogen-bond donors (Lipinski definition) is 4. The van der Waals surface area contributed by atoms with Gasteiger partial charge in [-0.15, -0.1) is 0 Å². The Bertz CT molecular complexity index is 804. The Morgan fingerprint density at radius 2 is 1.52 bits per heavy atom. The van der Waals surface area contributed by atoms with Crippen molar-refractivity contribution >= 4 is 5.78 Å². The fraction of sp³-hybridized carbons (Fsp3) is 0.682. The summed E-state index contributed by atoms with van der Waals surface area (Å²) in [5.74, 6) is 0.232. The number of aliphatic hydroxyl groups is 4. The van der Waals surface area contributed by atoms with E-state index in [0.29, 0.717) is 26.2 Å². The van der Waals surface area contributed by atoms with Crippen LogP contribution < -0.4 is 0 Å². The van der Waals surface area contributed by atoms with E-state index < -0.39 is 40.4 Å².